The second-order valence-corrected chi connectivity index (χ2v) is 8.22. The number of benzene rings is 2. The molecule has 6 nitrogen and oxygen atoms in total. The van der Waals surface area contributed by atoms with Crippen LogP contribution in [0.5, 0.6) is 5.75 Å². The van der Waals surface area contributed by atoms with Gasteiger partial charge in [-0.2, -0.15) is 0 Å². The second kappa shape index (κ2) is 8.29. The average molecular weight is 410 g/mol. The number of para-hydroxylation sites is 1. The first-order valence-corrected chi connectivity index (χ1v) is 10.6. The molecule has 3 aromatic rings. The van der Waals surface area contributed by atoms with Gasteiger partial charge < -0.3 is 10.1 Å². The van der Waals surface area contributed by atoms with E-state index in [4.69, 9.17) is 9.72 Å². The molecule has 1 saturated carbocycles. The summed E-state index contributed by atoms with van der Waals surface area (Å²) in [4.78, 5) is 30.7. The minimum atomic E-state index is -0.362. The molecule has 4 rings (SSSR count). The van der Waals surface area contributed by atoms with Crippen molar-refractivity contribution in [1.29, 1.82) is 0 Å². The van der Waals surface area contributed by atoms with Crippen LogP contribution in [0.3, 0.4) is 0 Å². The normalized spacial score (nSPS) is 14.6. The number of thioether (sulfide) groups is 1. The van der Waals surface area contributed by atoms with Gasteiger partial charge in [-0.05, 0) is 43.5 Å². The fraction of sp³-hybridized carbons (Fsp3) is 0.318. The lowest BCUT2D eigenvalue weighted by atomic mass is 10.2. The van der Waals surface area contributed by atoms with Crippen LogP contribution in [0.2, 0.25) is 0 Å². The summed E-state index contributed by atoms with van der Waals surface area (Å²) in [5.74, 6) is 0.567. The highest BCUT2D eigenvalue weighted by Crippen LogP contribution is 2.38. The Labute approximate surface area is 173 Å². The molecule has 0 spiro atoms. The number of ether oxygens (including phenoxy) is 1. The minimum absolute atomic E-state index is 0.0244. The van der Waals surface area contributed by atoms with E-state index in [1.54, 1.807) is 17.7 Å². The van der Waals surface area contributed by atoms with Gasteiger partial charge in [-0.25, -0.2) is 4.98 Å². The smallest absolute Gasteiger partial charge is 0.262 e. The van der Waals surface area contributed by atoms with Gasteiger partial charge in [-0.3, -0.25) is 14.2 Å². The van der Waals surface area contributed by atoms with E-state index in [1.165, 1.54) is 11.8 Å². The number of hydrogen-bond donors (Lipinski definition) is 1. The number of carbonyl (C=O) groups is 1. The fourth-order valence-corrected chi connectivity index (χ4v) is 4.32. The number of methoxy groups -OCH3 is 1. The molecule has 1 aliphatic carbocycles. The molecular weight excluding hydrogens is 386 g/mol. The first kappa shape index (κ1) is 19.5. The molecule has 2 aromatic carbocycles. The summed E-state index contributed by atoms with van der Waals surface area (Å²) in [6, 6.07) is 14.8. The Hall–Kier alpha value is -2.80. The number of carbonyl (C=O) groups excluding carboxylic acids is 1. The van der Waals surface area contributed by atoms with Crippen LogP contribution in [0.25, 0.3) is 10.9 Å². The van der Waals surface area contributed by atoms with Crippen LogP contribution in [-0.4, -0.2) is 27.8 Å². The van der Waals surface area contributed by atoms with E-state index in [1.807, 2.05) is 49.4 Å². The molecule has 0 saturated heterocycles. The summed E-state index contributed by atoms with van der Waals surface area (Å²) < 4.78 is 6.99. The lowest BCUT2D eigenvalue weighted by Gasteiger charge is -2.18. The number of nitrogens with zero attached hydrogens (tertiary/aromatic N) is 2. The molecule has 7 heteroatoms. The van der Waals surface area contributed by atoms with Crippen LogP contribution >= 0.6 is 11.8 Å². The van der Waals surface area contributed by atoms with E-state index < -0.39 is 0 Å². The molecule has 1 heterocycles. The second-order valence-electron chi connectivity index (χ2n) is 7.05. The van der Waals surface area contributed by atoms with Crippen molar-refractivity contribution in [3.05, 3.63) is 58.9 Å². The molecule has 29 heavy (non-hydrogen) atoms. The monoisotopic (exact) mass is 409 g/mol. The van der Waals surface area contributed by atoms with E-state index >= 15 is 0 Å². The summed E-state index contributed by atoms with van der Waals surface area (Å²) in [5, 5.41) is 3.82. The van der Waals surface area contributed by atoms with Gasteiger partial charge in [-0.15, -0.1) is 0 Å². The van der Waals surface area contributed by atoms with E-state index in [9.17, 15) is 9.59 Å². The van der Waals surface area contributed by atoms with E-state index in [0.29, 0.717) is 33.9 Å². The van der Waals surface area contributed by atoms with Gasteiger partial charge >= 0.3 is 0 Å². The van der Waals surface area contributed by atoms with E-state index in [0.717, 1.165) is 12.8 Å². The molecule has 0 aliphatic heterocycles. The van der Waals surface area contributed by atoms with E-state index in [2.05, 4.69) is 5.32 Å². The van der Waals surface area contributed by atoms with Gasteiger partial charge in [0.05, 0.1) is 23.3 Å². The summed E-state index contributed by atoms with van der Waals surface area (Å²) in [6.45, 7) is 1.96. The first-order chi connectivity index (χ1) is 14.1. The van der Waals surface area contributed by atoms with Gasteiger partial charge in [0.1, 0.15) is 5.75 Å². The van der Waals surface area contributed by atoms with Crippen LogP contribution in [0.4, 0.5) is 5.69 Å². The van der Waals surface area contributed by atoms with Crippen LogP contribution in [0.15, 0.2) is 58.5 Å². The highest BCUT2D eigenvalue weighted by molar-refractivity contribution is 8.00. The molecule has 1 atom stereocenters. The third-order valence-electron chi connectivity index (χ3n) is 4.94. The van der Waals surface area contributed by atoms with Crippen molar-refractivity contribution < 1.29 is 9.53 Å². The van der Waals surface area contributed by atoms with Crippen molar-refractivity contribution >= 4 is 34.3 Å². The van der Waals surface area contributed by atoms with Crippen molar-refractivity contribution in [2.45, 2.75) is 42.6 Å². The van der Waals surface area contributed by atoms with Crippen molar-refractivity contribution in [3.63, 3.8) is 0 Å². The molecule has 0 unspecified atom stereocenters. The number of anilines is 1. The Kier molecular flexibility index (Phi) is 5.58. The molecule has 1 aromatic heterocycles. The Morgan fingerprint density at radius 3 is 2.79 bits per heavy atom. The number of rotatable bonds is 7. The van der Waals surface area contributed by atoms with Crippen molar-refractivity contribution in [2.24, 2.45) is 0 Å². The predicted octanol–water partition coefficient (Wildman–Crippen LogP) is 4.25. The summed E-state index contributed by atoms with van der Waals surface area (Å²) >= 11 is 1.36. The highest BCUT2D eigenvalue weighted by Gasteiger charge is 2.30. The van der Waals surface area contributed by atoms with Gasteiger partial charge in [0.15, 0.2) is 5.16 Å². The standard InChI is InChI=1S/C22H23N3O3S/c1-3-19(20(26)23-14-7-6-8-16(13-14)28-2)29-22-24-18-10-5-4-9-17(18)21(27)25(22)15-11-12-15/h4-10,13,15,19H,3,11-12H2,1-2H3,(H,23,26)/t19-/m1/s1. The lowest BCUT2D eigenvalue weighted by Crippen LogP contribution is -2.28. The Morgan fingerprint density at radius 2 is 2.07 bits per heavy atom. The van der Waals surface area contributed by atoms with Crippen LogP contribution in [-0.2, 0) is 4.79 Å². The number of fused-ring (bicyclic) bond motifs is 1. The molecule has 150 valence electrons. The van der Waals surface area contributed by atoms with Crippen molar-refractivity contribution in [2.75, 3.05) is 12.4 Å². The van der Waals surface area contributed by atoms with Gasteiger partial charge in [-0.1, -0.05) is 36.9 Å². The van der Waals surface area contributed by atoms with Crippen molar-refractivity contribution in [1.82, 2.24) is 9.55 Å². The highest BCUT2D eigenvalue weighted by atomic mass is 32.2. The summed E-state index contributed by atoms with van der Waals surface area (Å²) in [6.07, 6.45) is 2.56. The average Bonchev–Trinajstić information content (AvgIpc) is 3.57. The maximum atomic E-state index is 13.0. The fourth-order valence-electron chi connectivity index (χ4n) is 3.24. The zero-order chi connectivity index (χ0) is 20.4. The van der Waals surface area contributed by atoms with Gasteiger partial charge in [0.25, 0.3) is 5.56 Å². The van der Waals surface area contributed by atoms with E-state index in [-0.39, 0.29) is 22.8 Å². The number of hydrogen-bond acceptors (Lipinski definition) is 5. The number of aromatic nitrogens is 2. The third-order valence-corrected chi connectivity index (χ3v) is 6.27. The molecule has 1 aliphatic rings. The van der Waals surface area contributed by atoms with Gasteiger partial charge in [0, 0.05) is 17.8 Å². The Bertz CT molecular complexity index is 1110. The van der Waals surface area contributed by atoms with Crippen LogP contribution in [0.1, 0.15) is 32.2 Å². The van der Waals surface area contributed by atoms with Gasteiger partial charge in [0.2, 0.25) is 5.91 Å². The van der Waals surface area contributed by atoms with Crippen LogP contribution < -0.4 is 15.6 Å². The van der Waals surface area contributed by atoms with Crippen molar-refractivity contribution in [3.8, 4) is 5.75 Å². The zero-order valence-electron chi connectivity index (χ0n) is 16.4. The van der Waals surface area contributed by atoms with Crippen LogP contribution in [0, 0.1) is 0 Å². The molecule has 1 fully saturated rings. The minimum Gasteiger partial charge on any atom is -0.497 e. The topological polar surface area (TPSA) is 73.2 Å². The number of nitrogens with one attached hydrogen (secondary N) is 1. The Balaban J connectivity index is 1.62. The zero-order valence-corrected chi connectivity index (χ0v) is 17.2. The SMILES string of the molecule is CC[C@@H](Sc1nc2ccccc2c(=O)n1C1CC1)C(=O)Nc1cccc(OC)c1. The maximum Gasteiger partial charge on any atom is 0.262 e. The molecule has 1 N–H and O–H groups in total. The molecule has 0 radical (unpaired) electrons. The predicted molar refractivity (Wildman–Crippen MR) is 116 cm³/mol. The maximum absolute atomic E-state index is 13.0. The lowest BCUT2D eigenvalue weighted by molar-refractivity contribution is -0.115. The Morgan fingerprint density at radius 1 is 1.28 bits per heavy atom. The molecule has 0 bridgehead atoms. The number of amides is 1. The first-order valence-electron chi connectivity index (χ1n) is 9.73. The summed E-state index contributed by atoms with van der Waals surface area (Å²) in [7, 11) is 1.59. The quantitative estimate of drug-likeness (QED) is 0.466. The summed E-state index contributed by atoms with van der Waals surface area (Å²) in [5.41, 5.74) is 1.32. The third kappa shape index (κ3) is 4.15. The largest absolute Gasteiger partial charge is 0.497 e. The molecular formula is C22H23N3O3S. The molecule has 1 amide bonds.